The van der Waals surface area contributed by atoms with Crippen molar-refractivity contribution in [1.29, 1.82) is 0 Å². The van der Waals surface area contributed by atoms with Gasteiger partial charge in [0.1, 0.15) is 0 Å². The van der Waals surface area contributed by atoms with Crippen molar-refractivity contribution in [2.45, 2.75) is 37.8 Å². The third-order valence-corrected chi connectivity index (χ3v) is 5.37. The zero-order valence-corrected chi connectivity index (χ0v) is 13.9. The van der Waals surface area contributed by atoms with Gasteiger partial charge in [-0.05, 0) is 42.2 Å². The topological polar surface area (TPSA) is 74.2 Å². The molecule has 0 bridgehead atoms. The van der Waals surface area contributed by atoms with Crippen LogP contribution in [0.4, 0.5) is 4.79 Å². The second-order valence-corrected chi connectivity index (χ2v) is 7.20. The number of carbonyl (C=O) groups excluding carboxylic acids is 1. The summed E-state index contributed by atoms with van der Waals surface area (Å²) >= 11 is 3.19. The SMILES string of the molecule is CC(NC(=O)NCC(O)c1ccsc1)c1csc(C2CC2)n1. The minimum atomic E-state index is -0.673. The number of aliphatic hydroxyl groups is 1. The first-order chi connectivity index (χ1) is 10.6. The molecule has 118 valence electrons. The molecule has 0 spiro atoms. The molecule has 2 aromatic heterocycles. The highest BCUT2D eigenvalue weighted by Gasteiger charge is 2.27. The molecule has 3 rings (SSSR count). The second-order valence-electron chi connectivity index (χ2n) is 5.53. The third kappa shape index (κ3) is 3.85. The average molecular weight is 337 g/mol. The standard InChI is InChI=1S/C15H19N3O2S2/c1-9(12-8-22-14(18-12)10-2-3-10)17-15(20)16-6-13(19)11-4-5-21-7-11/h4-5,7-10,13,19H,2-3,6H2,1H3,(H2,16,17,20). The zero-order chi connectivity index (χ0) is 15.5. The minimum Gasteiger partial charge on any atom is -0.387 e. The Bertz CT molecular complexity index is 623. The first-order valence-electron chi connectivity index (χ1n) is 7.33. The number of nitrogens with one attached hydrogen (secondary N) is 2. The lowest BCUT2D eigenvalue weighted by Gasteiger charge is -2.14. The molecular formula is C15H19N3O2S2. The Labute approximate surface area is 137 Å². The van der Waals surface area contributed by atoms with Crippen LogP contribution in [0.5, 0.6) is 0 Å². The number of nitrogens with zero attached hydrogens (tertiary/aromatic N) is 1. The summed E-state index contributed by atoms with van der Waals surface area (Å²) in [7, 11) is 0. The van der Waals surface area contributed by atoms with Crippen molar-refractivity contribution in [3.63, 3.8) is 0 Å². The summed E-state index contributed by atoms with van der Waals surface area (Å²) in [6.45, 7) is 2.11. The van der Waals surface area contributed by atoms with Crippen LogP contribution in [-0.4, -0.2) is 22.7 Å². The third-order valence-electron chi connectivity index (χ3n) is 3.64. The average Bonchev–Trinajstić information content (AvgIpc) is 3.03. The van der Waals surface area contributed by atoms with Gasteiger partial charge in [0.15, 0.2) is 0 Å². The predicted octanol–water partition coefficient (Wildman–Crippen LogP) is 3.18. The van der Waals surface area contributed by atoms with E-state index in [0.717, 1.165) is 11.3 Å². The van der Waals surface area contributed by atoms with Crippen LogP contribution < -0.4 is 10.6 Å². The summed E-state index contributed by atoms with van der Waals surface area (Å²) in [5.74, 6) is 0.639. The van der Waals surface area contributed by atoms with Crippen LogP contribution in [0.3, 0.4) is 0 Å². The molecule has 1 aliphatic carbocycles. The fourth-order valence-electron chi connectivity index (χ4n) is 2.11. The molecule has 5 nitrogen and oxygen atoms in total. The maximum Gasteiger partial charge on any atom is 0.315 e. The molecule has 0 aliphatic heterocycles. The fourth-order valence-corrected chi connectivity index (χ4v) is 3.90. The molecule has 2 atom stereocenters. The normalized spacial score (nSPS) is 17.0. The van der Waals surface area contributed by atoms with Crippen LogP contribution in [0, 0.1) is 0 Å². The van der Waals surface area contributed by atoms with E-state index in [4.69, 9.17) is 0 Å². The van der Waals surface area contributed by atoms with E-state index in [1.807, 2.05) is 29.1 Å². The van der Waals surface area contributed by atoms with Gasteiger partial charge in [-0.15, -0.1) is 11.3 Å². The van der Waals surface area contributed by atoms with Gasteiger partial charge in [0.25, 0.3) is 0 Å². The Hall–Kier alpha value is -1.44. The van der Waals surface area contributed by atoms with E-state index in [-0.39, 0.29) is 18.6 Å². The number of rotatable bonds is 6. The van der Waals surface area contributed by atoms with Gasteiger partial charge in [0.05, 0.1) is 22.8 Å². The van der Waals surface area contributed by atoms with Gasteiger partial charge in [-0.3, -0.25) is 0 Å². The molecule has 0 aromatic carbocycles. The number of aliphatic hydroxyl groups excluding tert-OH is 1. The first kappa shape index (κ1) is 15.5. The Morgan fingerprint density at radius 3 is 3.00 bits per heavy atom. The van der Waals surface area contributed by atoms with Crippen LogP contribution in [0.25, 0.3) is 0 Å². The van der Waals surface area contributed by atoms with Gasteiger partial charge < -0.3 is 15.7 Å². The monoisotopic (exact) mass is 337 g/mol. The lowest BCUT2D eigenvalue weighted by molar-refractivity contribution is 0.173. The summed E-state index contributed by atoms with van der Waals surface area (Å²) in [5.41, 5.74) is 1.73. The lowest BCUT2D eigenvalue weighted by atomic mass is 10.2. The highest BCUT2D eigenvalue weighted by atomic mass is 32.1. The van der Waals surface area contributed by atoms with Gasteiger partial charge in [0.2, 0.25) is 0 Å². The molecular weight excluding hydrogens is 318 g/mol. The minimum absolute atomic E-state index is 0.137. The number of carbonyl (C=O) groups is 1. The molecule has 2 heterocycles. The van der Waals surface area contributed by atoms with Crippen LogP contribution in [-0.2, 0) is 0 Å². The van der Waals surface area contributed by atoms with Crippen LogP contribution in [0.2, 0.25) is 0 Å². The molecule has 2 amide bonds. The molecule has 2 aromatic rings. The number of amides is 2. The van der Waals surface area contributed by atoms with E-state index in [1.54, 1.807) is 11.3 Å². The largest absolute Gasteiger partial charge is 0.387 e. The van der Waals surface area contributed by atoms with Crippen LogP contribution in [0.15, 0.2) is 22.2 Å². The van der Waals surface area contributed by atoms with Crippen molar-refractivity contribution in [2.24, 2.45) is 0 Å². The summed E-state index contributed by atoms with van der Waals surface area (Å²) in [6, 6.07) is 1.43. The van der Waals surface area contributed by atoms with Gasteiger partial charge in [-0.25, -0.2) is 9.78 Å². The molecule has 2 unspecified atom stereocenters. The fraction of sp³-hybridized carbons (Fsp3) is 0.467. The Morgan fingerprint density at radius 2 is 2.32 bits per heavy atom. The van der Waals surface area contributed by atoms with E-state index in [0.29, 0.717) is 5.92 Å². The van der Waals surface area contributed by atoms with Crippen LogP contribution in [0.1, 0.15) is 54.1 Å². The Kier molecular flexibility index (Phi) is 4.75. The highest BCUT2D eigenvalue weighted by Crippen LogP contribution is 2.41. The number of hydrogen-bond acceptors (Lipinski definition) is 5. The molecule has 1 fully saturated rings. The van der Waals surface area contributed by atoms with E-state index < -0.39 is 6.10 Å². The Balaban J connectivity index is 1.46. The number of thiazole rings is 1. The number of urea groups is 1. The van der Waals surface area contributed by atoms with Crippen molar-refractivity contribution in [3.8, 4) is 0 Å². The summed E-state index contributed by atoms with van der Waals surface area (Å²) in [5, 5.41) is 22.5. The van der Waals surface area contributed by atoms with Gasteiger partial charge in [0, 0.05) is 17.8 Å². The van der Waals surface area contributed by atoms with Crippen molar-refractivity contribution in [3.05, 3.63) is 38.5 Å². The van der Waals surface area contributed by atoms with Gasteiger partial charge in [-0.1, -0.05) is 0 Å². The van der Waals surface area contributed by atoms with Crippen molar-refractivity contribution < 1.29 is 9.90 Å². The van der Waals surface area contributed by atoms with E-state index in [1.165, 1.54) is 29.2 Å². The first-order valence-corrected chi connectivity index (χ1v) is 9.15. The summed E-state index contributed by atoms with van der Waals surface area (Å²) < 4.78 is 0. The summed E-state index contributed by atoms with van der Waals surface area (Å²) in [6.07, 6.45) is 1.79. The summed E-state index contributed by atoms with van der Waals surface area (Å²) in [4.78, 5) is 16.5. The molecule has 1 aliphatic rings. The Morgan fingerprint density at radius 1 is 1.50 bits per heavy atom. The molecule has 22 heavy (non-hydrogen) atoms. The maximum absolute atomic E-state index is 11.9. The molecule has 0 radical (unpaired) electrons. The maximum atomic E-state index is 11.9. The van der Waals surface area contributed by atoms with Gasteiger partial charge >= 0.3 is 6.03 Å². The van der Waals surface area contributed by atoms with E-state index in [9.17, 15) is 9.90 Å². The lowest BCUT2D eigenvalue weighted by Crippen LogP contribution is -2.39. The molecule has 1 saturated carbocycles. The van der Waals surface area contributed by atoms with Crippen LogP contribution >= 0.6 is 22.7 Å². The highest BCUT2D eigenvalue weighted by molar-refractivity contribution is 7.09. The zero-order valence-electron chi connectivity index (χ0n) is 12.3. The molecule has 3 N–H and O–H groups in total. The van der Waals surface area contributed by atoms with Crippen molar-refractivity contribution >= 4 is 28.7 Å². The smallest absolute Gasteiger partial charge is 0.315 e. The number of hydrogen-bond donors (Lipinski definition) is 3. The quantitative estimate of drug-likeness (QED) is 0.758. The van der Waals surface area contributed by atoms with Gasteiger partial charge in [-0.2, -0.15) is 11.3 Å². The molecule has 7 heteroatoms. The van der Waals surface area contributed by atoms with Crippen molar-refractivity contribution in [2.75, 3.05) is 6.54 Å². The number of aromatic nitrogens is 1. The predicted molar refractivity (Wildman–Crippen MR) is 88.3 cm³/mol. The number of thiophene rings is 1. The van der Waals surface area contributed by atoms with E-state index in [2.05, 4.69) is 15.6 Å². The molecule has 0 saturated heterocycles. The van der Waals surface area contributed by atoms with E-state index >= 15 is 0 Å². The second kappa shape index (κ2) is 6.76. The van der Waals surface area contributed by atoms with Crippen molar-refractivity contribution in [1.82, 2.24) is 15.6 Å².